The van der Waals surface area contributed by atoms with E-state index >= 15 is 0 Å². The first kappa shape index (κ1) is 14.5. The van der Waals surface area contributed by atoms with E-state index in [1.165, 1.54) is 31.4 Å². The van der Waals surface area contributed by atoms with Crippen LogP contribution in [-0.2, 0) is 6.54 Å². The summed E-state index contributed by atoms with van der Waals surface area (Å²) in [6, 6.07) is 11.4. The summed E-state index contributed by atoms with van der Waals surface area (Å²) >= 11 is 0. The van der Waals surface area contributed by atoms with Crippen molar-refractivity contribution >= 4 is 0 Å². The van der Waals surface area contributed by atoms with Gasteiger partial charge in [-0.1, -0.05) is 36.8 Å². The van der Waals surface area contributed by atoms with Gasteiger partial charge in [-0.2, -0.15) is 0 Å². The first-order valence-electron chi connectivity index (χ1n) is 7.46. The van der Waals surface area contributed by atoms with Gasteiger partial charge >= 0.3 is 0 Å². The molecule has 0 amide bonds. The fraction of sp³-hybridized carbons (Fsp3) is 0.625. The van der Waals surface area contributed by atoms with Crippen LogP contribution in [0, 0.1) is 0 Å². The summed E-state index contributed by atoms with van der Waals surface area (Å²) in [5.41, 5.74) is 7.12. The molecular weight excluding hydrogens is 234 g/mol. The highest BCUT2D eigenvalue weighted by Crippen LogP contribution is 2.17. The molecule has 1 heterocycles. The van der Waals surface area contributed by atoms with Gasteiger partial charge in [-0.3, -0.25) is 4.90 Å². The number of likely N-dealkylation sites (tertiary alicyclic amines) is 1. The van der Waals surface area contributed by atoms with Gasteiger partial charge < -0.3 is 10.6 Å². The van der Waals surface area contributed by atoms with E-state index in [-0.39, 0.29) is 0 Å². The molecule has 0 aromatic heterocycles. The normalized spacial score (nSPS) is 20.9. The molecule has 1 fully saturated rings. The highest BCUT2D eigenvalue weighted by atomic mass is 15.2. The van der Waals surface area contributed by atoms with E-state index in [2.05, 4.69) is 47.2 Å². The van der Waals surface area contributed by atoms with Gasteiger partial charge in [-0.25, -0.2) is 0 Å². The molecule has 1 atom stereocenters. The van der Waals surface area contributed by atoms with Gasteiger partial charge in [0.05, 0.1) is 0 Å². The maximum absolute atomic E-state index is 5.72. The number of likely N-dealkylation sites (N-methyl/N-ethyl adjacent to an activating group) is 1. The third kappa shape index (κ3) is 4.60. The fourth-order valence-electron chi connectivity index (χ4n) is 3.05. The van der Waals surface area contributed by atoms with Crippen molar-refractivity contribution in [3.8, 4) is 0 Å². The van der Waals surface area contributed by atoms with E-state index in [0.717, 1.165) is 26.2 Å². The molecule has 1 aromatic rings. The predicted octanol–water partition coefficient (Wildman–Crippen LogP) is 1.93. The highest BCUT2D eigenvalue weighted by molar-refractivity contribution is 5.14. The van der Waals surface area contributed by atoms with Crippen LogP contribution in [0.2, 0.25) is 0 Å². The largest absolute Gasteiger partial charge is 0.329 e. The van der Waals surface area contributed by atoms with Crippen molar-refractivity contribution in [3.63, 3.8) is 0 Å². The third-order valence-corrected chi connectivity index (χ3v) is 3.98. The Labute approximate surface area is 117 Å². The first-order valence-corrected chi connectivity index (χ1v) is 7.46. The second-order valence-corrected chi connectivity index (χ2v) is 5.66. The average Bonchev–Trinajstić information content (AvgIpc) is 2.42. The van der Waals surface area contributed by atoms with Gasteiger partial charge in [0.2, 0.25) is 0 Å². The topological polar surface area (TPSA) is 32.5 Å². The van der Waals surface area contributed by atoms with Gasteiger partial charge in [-0.05, 0) is 32.0 Å². The number of hydrogen-bond acceptors (Lipinski definition) is 3. The van der Waals surface area contributed by atoms with Crippen LogP contribution in [0.1, 0.15) is 24.8 Å². The number of piperidine rings is 1. The first-order chi connectivity index (χ1) is 9.29. The monoisotopic (exact) mass is 261 g/mol. The standard InChI is InChI=1S/C16H27N3/c1-18(13-15-7-3-2-4-8-15)14-16-9-5-6-11-19(16)12-10-17/h2-4,7-8,16H,5-6,9-14,17H2,1H3. The summed E-state index contributed by atoms with van der Waals surface area (Å²) in [4.78, 5) is 5.01. The lowest BCUT2D eigenvalue weighted by Crippen LogP contribution is -2.47. The Morgan fingerprint density at radius 1 is 1.26 bits per heavy atom. The lowest BCUT2D eigenvalue weighted by Gasteiger charge is -2.37. The van der Waals surface area contributed by atoms with Crippen LogP contribution in [0.3, 0.4) is 0 Å². The van der Waals surface area contributed by atoms with E-state index in [4.69, 9.17) is 5.73 Å². The van der Waals surface area contributed by atoms with Crippen LogP contribution in [0.4, 0.5) is 0 Å². The second-order valence-electron chi connectivity index (χ2n) is 5.66. The number of nitrogens with two attached hydrogens (primary N) is 1. The SMILES string of the molecule is CN(Cc1ccccc1)CC1CCCCN1CCN. The average molecular weight is 261 g/mol. The van der Waals surface area contributed by atoms with Gasteiger partial charge in [0.1, 0.15) is 0 Å². The van der Waals surface area contributed by atoms with Crippen LogP contribution in [0.15, 0.2) is 30.3 Å². The van der Waals surface area contributed by atoms with Crippen molar-refractivity contribution < 1.29 is 0 Å². The smallest absolute Gasteiger partial charge is 0.0231 e. The minimum Gasteiger partial charge on any atom is -0.329 e. The van der Waals surface area contributed by atoms with Crippen molar-refractivity contribution in [3.05, 3.63) is 35.9 Å². The molecule has 1 unspecified atom stereocenters. The van der Waals surface area contributed by atoms with E-state index < -0.39 is 0 Å². The molecule has 0 aliphatic carbocycles. The molecule has 1 saturated heterocycles. The molecule has 3 nitrogen and oxygen atoms in total. The summed E-state index contributed by atoms with van der Waals surface area (Å²) in [6.45, 7) is 5.23. The molecule has 0 radical (unpaired) electrons. The Balaban J connectivity index is 1.84. The molecule has 0 spiro atoms. The van der Waals surface area contributed by atoms with Gasteiger partial charge in [0.15, 0.2) is 0 Å². The third-order valence-electron chi connectivity index (χ3n) is 3.98. The Morgan fingerprint density at radius 2 is 2.05 bits per heavy atom. The molecule has 2 rings (SSSR count). The molecular formula is C16H27N3. The summed E-state index contributed by atoms with van der Waals surface area (Å²) in [6.07, 6.45) is 4.02. The fourth-order valence-corrected chi connectivity index (χ4v) is 3.05. The number of hydrogen-bond donors (Lipinski definition) is 1. The molecule has 0 bridgehead atoms. The van der Waals surface area contributed by atoms with Crippen molar-refractivity contribution in [1.82, 2.24) is 9.80 Å². The van der Waals surface area contributed by atoms with Crippen LogP contribution in [0.5, 0.6) is 0 Å². The minimum absolute atomic E-state index is 0.686. The van der Waals surface area contributed by atoms with Crippen molar-refractivity contribution in [1.29, 1.82) is 0 Å². The molecule has 3 heteroatoms. The van der Waals surface area contributed by atoms with E-state index in [1.807, 2.05) is 0 Å². The predicted molar refractivity (Wildman–Crippen MR) is 81.0 cm³/mol. The summed E-state index contributed by atoms with van der Waals surface area (Å²) in [5, 5.41) is 0. The highest BCUT2D eigenvalue weighted by Gasteiger charge is 2.22. The van der Waals surface area contributed by atoms with Gasteiger partial charge in [-0.15, -0.1) is 0 Å². The Hall–Kier alpha value is -0.900. The maximum Gasteiger partial charge on any atom is 0.0231 e. The van der Waals surface area contributed by atoms with E-state index in [9.17, 15) is 0 Å². The lowest BCUT2D eigenvalue weighted by atomic mass is 10.0. The van der Waals surface area contributed by atoms with Crippen molar-refractivity contribution in [2.75, 3.05) is 33.2 Å². The number of benzene rings is 1. The lowest BCUT2D eigenvalue weighted by molar-refractivity contribution is 0.115. The van der Waals surface area contributed by atoms with Crippen molar-refractivity contribution in [2.24, 2.45) is 5.73 Å². The van der Waals surface area contributed by atoms with Crippen LogP contribution in [0.25, 0.3) is 0 Å². The molecule has 106 valence electrons. The molecule has 1 aliphatic rings. The maximum atomic E-state index is 5.72. The van der Waals surface area contributed by atoms with Crippen LogP contribution < -0.4 is 5.73 Å². The van der Waals surface area contributed by atoms with Crippen LogP contribution >= 0.6 is 0 Å². The molecule has 2 N–H and O–H groups in total. The molecule has 1 aromatic carbocycles. The number of rotatable bonds is 6. The van der Waals surface area contributed by atoms with E-state index in [1.54, 1.807) is 0 Å². The Bertz CT molecular complexity index is 350. The zero-order valence-corrected chi connectivity index (χ0v) is 12.1. The second kappa shape index (κ2) is 7.63. The number of nitrogens with zero attached hydrogens (tertiary/aromatic N) is 2. The zero-order chi connectivity index (χ0) is 13.5. The minimum atomic E-state index is 0.686. The summed E-state index contributed by atoms with van der Waals surface area (Å²) in [7, 11) is 2.22. The van der Waals surface area contributed by atoms with Crippen molar-refractivity contribution in [2.45, 2.75) is 31.8 Å². The molecule has 0 saturated carbocycles. The summed E-state index contributed by atoms with van der Waals surface area (Å²) in [5.74, 6) is 0. The summed E-state index contributed by atoms with van der Waals surface area (Å²) < 4.78 is 0. The molecule has 1 aliphatic heterocycles. The Morgan fingerprint density at radius 3 is 2.79 bits per heavy atom. The Kier molecular flexibility index (Phi) is 5.83. The quantitative estimate of drug-likeness (QED) is 0.849. The van der Waals surface area contributed by atoms with Gasteiger partial charge in [0.25, 0.3) is 0 Å². The molecule has 19 heavy (non-hydrogen) atoms. The van der Waals surface area contributed by atoms with Crippen LogP contribution in [-0.4, -0.2) is 49.1 Å². The van der Waals surface area contributed by atoms with Gasteiger partial charge in [0, 0.05) is 32.2 Å². The zero-order valence-electron chi connectivity index (χ0n) is 12.1. The van der Waals surface area contributed by atoms with E-state index in [0.29, 0.717) is 6.04 Å².